The molecule has 58 heavy (non-hydrogen) atoms. The smallest absolute Gasteiger partial charge is 0.407 e. The predicted molar refractivity (Wildman–Crippen MR) is 236 cm³/mol. The van der Waals surface area contributed by atoms with E-state index in [-0.39, 0.29) is 24.8 Å². The second kappa shape index (κ2) is 35.2. The van der Waals surface area contributed by atoms with Crippen LogP contribution in [0.15, 0.2) is 11.6 Å². The Morgan fingerprint density at radius 1 is 0.776 bits per heavy atom. The summed E-state index contributed by atoms with van der Waals surface area (Å²) in [4.78, 5) is 54.2. The normalized spacial score (nSPS) is 20.8. The maximum atomic E-state index is 13.3. The summed E-state index contributed by atoms with van der Waals surface area (Å²) in [6.07, 6.45) is 27.2. The molecule has 0 aliphatic carbocycles. The van der Waals surface area contributed by atoms with Gasteiger partial charge in [-0.05, 0) is 117 Å². The first-order chi connectivity index (χ1) is 28.0. The van der Waals surface area contributed by atoms with E-state index in [0.717, 1.165) is 161 Å². The molecule has 0 aromatic heterocycles. The van der Waals surface area contributed by atoms with Gasteiger partial charge in [0, 0.05) is 19.4 Å². The van der Waals surface area contributed by atoms with Gasteiger partial charge in [-0.25, -0.2) is 4.79 Å². The van der Waals surface area contributed by atoms with E-state index in [1.165, 1.54) is 18.4 Å². The number of allylic oxidation sites excluding steroid dienone is 1. The highest BCUT2D eigenvalue weighted by Crippen LogP contribution is 2.23. The van der Waals surface area contributed by atoms with Crippen LogP contribution in [0.25, 0.3) is 0 Å². The number of nitrogens with one attached hydrogen (secondary N) is 1. The second-order valence-electron chi connectivity index (χ2n) is 17.6. The lowest BCUT2D eigenvalue weighted by molar-refractivity contribution is -0.162. The Morgan fingerprint density at radius 2 is 1.43 bits per heavy atom. The van der Waals surface area contributed by atoms with Crippen molar-refractivity contribution in [1.29, 1.82) is 0 Å². The van der Waals surface area contributed by atoms with Crippen molar-refractivity contribution in [2.45, 2.75) is 227 Å². The number of carbonyl (C=O) groups excluding carboxylic acids is 4. The SMILES string of the molecule is CCC/C=C1\CCCCOC(=O)C(C(=O)OCCCCCC)CCCCCCN(CCCNC(=O)OC(C)(C)C)CCCCCCCC(=O)OC(CCCCCC)C1. The fourth-order valence-electron chi connectivity index (χ4n) is 7.35. The monoisotopic (exact) mass is 821 g/mol. The number of alkyl carbamates (subject to hydrolysis) is 1. The van der Waals surface area contributed by atoms with Gasteiger partial charge in [0.1, 0.15) is 11.7 Å². The minimum atomic E-state index is -0.887. The third kappa shape index (κ3) is 30.4. The van der Waals surface area contributed by atoms with Crippen molar-refractivity contribution in [2.24, 2.45) is 5.92 Å². The molecule has 0 bridgehead atoms. The van der Waals surface area contributed by atoms with Crippen LogP contribution in [0.1, 0.15) is 215 Å². The third-order valence-electron chi connectivity index (χ3n) is 10.7. The summed E-state index contributed by atoms with van der Waals surface area (Å²) in [6, 6.07) is 0. The first kappa shape index (κ1) is 53.4. The van der Waals surface area contributed by atoms with E-state index < -0.39 is 23.5 Å². The molecule has 1 aliphatic rings. The number of ether oxygens (including phenoxy) is 4. The zero-order valence-electron chi connectivity index (χ0n) is 38.3. The molecule has 1 fully saturated rings. The summed E-state index contributed by atoms with van der Waals surface area (Å²) < 4.78 is 22.9. The minimum absolute atomic E-state index is 0.0797. The van der Waals surface area contributed by atoms with E-state index in [1.807, 2.05) is 20.8 Å². The van der Waals surface area contributed by atoms with Gasteiger partial charge in [-0.2, -0.15) is 0 Å². The Labute approximate surface area is 355 Å². The maximum Gasteiger partial charge on any atom is 0.407 e. The molecule has 10 nitrogen and oxygen atoms in total. The zero-order chi connectivity index (χ0) is 42.7. The highest BCUT2D eigenvalue weighted by Gasteiger charge is 2.29. The topological polar surface area (TPSA) is 120 Å². The first-order valence-electron chi connectivity index (χ1n) is 23.9. The van der Waals surface area contributed by atoms with E-state index in [1.54, 1.807) is 0 Å². The lowest BCUT2D eigenvalue weighted by atomic mass is 9.97. The number of nitrogens with zero attached hydrogens (tertiary/aromatic N) is 1. The van der Waals surface area contributed by atoms with Crippen LogP contribution in [0.2, 0.25) is 0 Å². The van der Waals surface area contributed by atoms with Crippen LogP contribution in [0.3, 0.4) is 0 Å². The van der Waals surface area contributed by atoms with Gasteiger partial charge in [-0.15, -0.1) is 0 Å². The Balaban J connectivity index is 3.00. The molecule has 1 saturated heterocycles. The second-order valence-corrected chi connectivity index (χ2v) is 17.6. The van der Waals surface area contributed by atoms with E-state index in [0.29, 0.717) is 32.4 Å². The van der Waals surface area contributed by atoms with Crippen LogP contribution in [-0.4, -0.2) is 80.0 Å². The maximum absolute atomic E-state index is 13.3. The predicted octanol–water partition coefficient (Wildman–Crippen LogP) is 12.0. The number of carbonyl (C=O) groups is 4. The number of cyclic esters (lactones) is 2. The molecule has 338 valence electrons. The summed E-state index contributed by atoms with van der Waals surface area (Å²) in [7, 11) is 0. The molecule has 0 aromatic rings. The number of amides is 1. The number of hydrogen-bond donors (Lipinski definition) is 1. The Hall–Kier alpha value is -2.62. The van der Waals surface area contributed by atoms with Gasteiger partial charge in [0.15, 0.2) is 5.92 Å². The van der Waals surface area contributed by atoms with E-state index >= 15 is 0 Å². The summed E-state index contributed by atoms with van der Waals surface area (Å²) in [6.45, 7) is 16.1. The van der Waals surface area contributed by atoms with Crippen molar-refractivity contribution < 1.29 is 38.1 Å². The van der Waals surface area contributed by atoms with Crippen molar-refractivity contribution in [3.8, 4) is 0 Å². The average Bonchev–Trinajstić information content (AvgIpc) is 3.17. The van der Waals surface area contributed by atoms with Crippen molar-refractivity contribution in [2.75, 3.05) is 39.4 Å². The van der Waals surface area contributed by atoms with Crippen LogP contribution in [0.5, 0.6) is 0 Å². The van der Waals surface area contributed by atoms with Crippen LogP contribution >= 0.6 is 0 Å². The molecule has 2 unspecified atom stereocenters. The molecule has 0 saturated carbocycles. The average molecular weight is 821 g/mol. The standard InChI is InChI=1S/C48H88N2O8/c1-7-10-13-20-31-42-40-41(29-12-9-3)30-23-27-39-56-46(53)43(45(52)55-38-26-14-11-8-2)32-21-17-19-25-36-50(35-24-18-15-16-22-33-44(51)57-42)37-28-34-49-47(54)58-48(4,5)6/h29,42-43H,7-28,30-40H2,1-6H3,(H,49,54)/b41-29+. The third-order valence-corrected chi connectivity index (χ3v) is 10.7. The van der Waals surface area contributed by atoms with Crippen LogP contribution in [0, 0.1) is 5.92 Å². The fourth-order valence-corrected chi connectivity index (χ4v) is 7.35. The lowest BCUT2D eigenvalue weighted by Crippen LogP contribution is -2.35. The van der Waals surface area contributed by atoms with E-state index in [4.69, 9.17) is 18.9 Å². The molecule has 1 amide bonds. The van der Waals surface area contributed by atoms with Gasteiger partial charge >= 0.3 is 24.0 Å². The van der Waals surface area contributed by atoms with Crippen LogP contribution in [-0.2, 0) is 33.3 Å². The molecule has 0 radical (unpaired) electrons. The van der Waals surface area contributed by atoms with Gasteiger partial charge in [-0.3, -0.25) is 14.4 Å². The number of rotatable bonds is 17. The van der Waals surface area contributed by atoms with Crippen molar-refractivity contribution in [3.05, 3.63) is 11.6 Å². The largest absolute Gasteiger partial charge is 0.465 e. The Morgan fingerprint density at radius 3 is 2.12 bits per heavy atom. The molecule has 10 heteroatoms. The van der Waals surface area contributed by atoms with Gasteiger partial charge in [0.05, 0.1) is 13.2 Å². The Kier molecular flexibility index (Phi) is 32.4. The quantitative estimate of drug-likeness (QED) is 0.0502. The van der Waals surface area contributed by atoms with Crippen LogP contribution in [0.4, 0.5) is 4.79 Å². The summed E-state index contributed by atoms with van der Waals surface area (Å²) in [5, 5.41) is 2.88. The summed E-state index contributed by atoms with van der Waals surface area (Å²) >= 11 is 0. The molecule has 1 heterocycles. The molecular weight excluding hydrogens is 733 g/mol. The fraction of sp³-hybridized carbons (Fsp3) is 0.875. The highest BCUT2D eigenvalue weighted by molar-refractivity contribution is 5.94. The molecule has 1 rings (SSSR count). The van der Waals surface area contributed by atoms with Crippen LogP contribution < -0.4 is 5.32 Å². The first-order valence-corrected chi connectivity index (χ1v) is 23.9. The molecule has 0 spiro atoms. The summed E-state index contributed by atoms with van der Waals surface area (Å²) in [5.74, 6) is -1.89. The minimum Gasteiger partial charge on any atom is -0.465 e. The van der Waals surface area contributed by atoms with Crippen molar-refractivity contribution >= 4 is 24.0 Å². The number of hydrogen-bond acceptors (Lipinski definition) is 9. The van der Waals surface area contributed by atoms with Gasteiger partial charge in [-0.1, -0.05) is 116 Å². The molecule has 0 aromatic carbocycles. The van der Waals surface area contributed by atoms with Crippen molar-refractivity contribution in [1.82, 2.24) is 10.2 Å². The van der Waals surface area contributed by atoms with E-state index in [2.05, 4.69) is 37.1 Å². The van der Waals surface area contributed by atoms with Gasteiger partial charge < -0.3 is 29.2 Å². The zero-order valence-corrected chi connectivity index (χ0v) is 38.3. The lowest BCUT2D eigenvalue weighted by Gasteiger charge is -2.23. The molecule has 1 N–H and O–H groups in total. The Bertz CT molecular complexity index is 1100. The number of unbranched alkanes of at least 4 members (excludes halogenated alkanes) is 7. The highest BCUT2D eigenvalue weighted by atomic mass is 16.6. The molecule has 2 atom stereocenters. The van der Waals surface area contributed by atoms with Crippen molar-refractivity contribution in [3.63, 3.8) is 0 Å². The van der Waals surface area contributed by atoms with E-state index in [9.17, 15) is 19.2 Å². The van der Waals surface area contributed by atoms with Gasteiger partial charge in [0.2, 0.25) is 0 Å². The number of esters is 3. The summed E-state index contributed by atoms with van der Waals surface area (Å²) in [5.41, 5.74) is 0.797. The van der Waals surface area contributed by atoms with Gasteiger partial charge in [0.25, 0.3) is 0 Å². The molecular formula is C48H88N2O8. The molecule has 1 aliphatic heterocycles.